The molecule has 0 aliphatic carbocycles. The van der Waals surface area contributed by atoms with Gasteiger partial charge in [-0.25, -0.2) is 0 Å². The fourth-order valence-corrected chi connectivity index (χ4v) is 3.32. The van der Waals surface area contributed by atoms with E-state index in [1.807, 2.05) is 31.2 Å². The number of hydrogen-bond acceptors (Lipinski definition) is 6. The van der Waals surface area contributed by atoms with Gasteiger partial charge in [-0.1, -0.05) is 31.2 Å². The van der Waals surface area contributed by atoms with Crippen molar-refractivity contribution in [3.63, 3.8) is 0 Å². The van der Waals surface area contributed by atoms with Gasteiger partial charge in [0, 0.05) is 36.5 Å². The van der Waals surface area contributed by atoms with Crippen molar-refractivity contribution in [3.05, 3.63) is 64.2 Å². The minimum atomic E-state index is -0.659. The normalized spacial score (nSPS) is 15.7. The van der Waals surface area contributed by atoms with Crippen LogP contribution in [-0.2, 0) is 25.5 Å². The standard InChI is InChI=1S/C21H21N3O6/c1-2-14-6-3-4-9-18(14)23-12-15(10-20(23)26)21(27)30-13-19(25)22-16-7-5-8-17(11-16)24(28)29/h3-9,11,15H,2,10,12-13H2,1H3,(H,22,25)/t15-/m1/s1. The summed E-state index contributed by atoms with van der Waals surface area (Å²) in [5, 5.41) is 13.2. The van der Waals surface area contributed by atoms with Crippen LogP contribution in [0, 0.1) is 16.0 Å². The van der Waals surface area contributed by atoms with E-state index in [1.165, 1.54) is 24.3 Å². The molecule has 3 rings (SSSR count). The summed E-state index contributed by atoms with van der Waals surface area (Å²) in [6, 6.07) is 13.0. The van der Waals surface area contributed by atoms with E-state index in [4.69, 9.17) is 4.74 Å². The molecule has 1 saturated heterocycles. The van der Waals surface area contributed by atoms with Crippen LogP contribution in [0.2, 0.25) is 0 Å². The van der Waals surface area contributed by atoms with Crippen LogP contribution >= 0.6 is 0 Å². The number of non-ortho nitro benzene ring substituents is 1. The van der Waals surface area contributed by atoms with E-state index < -0.39 is 29.3 Å². The van der Waals surface area contributed by atoms with Crippen molar-refractivity contribution in [2.75, 3.05) is 23.4 Å². The van der Waals surface area contributed by atoms with Gasteiger partial charge in [0.15, 0.2) is 6.61 Å². The van der Waals surface area contributed by atoms with Gasteiger partial charge in [0.2, 0.25) is 5.91 Å². The van der Waals surface area contributed by atoms with Gasteiger partial charge in [-0.3, -0.25) is 24.5 Å². The van der Waals surface area contributed by atoms with Crippen molar-refractivity contribution in [2.45, 2.75) is 19.8 Å². The summed E-state index contributed by atoms with van der Waals surface area (Å²) in [5.41, 5.74) is 1.85. The van der Waals surface area contributed by atoms with E-state index in [0.29, 0.717) is 0 Å². The molecule has 1 heterocycles. The number of hydrogen-bond donors (Lipinski definition) is 1. The minimum Gasteiger partial charge on any atom is -0.455 e. The first-order valence-electron chi connectivity index (χ1n) is 9.48. The summed E-state index contributed by atoms with van der Waals surface area (Å²) in [5.74, 6) is -2.08. The van der Waals surface area contributed by atoms with E-state index in [-0.39, 0.29) is 30.2 Å². The molecule has 9 nitrogen and oxygen atoms in total. The lowest BCUT2D eigenvalue weighted by Gasteiger charge is -2.19. The molecule has 0 spiro atoms. The van der Waals surface area contributed by atoms with Gasteiger partial charge in [-0.05, 0) is 24.1 Å². The monoisotopic (exact) mass is 411 g/mol. The van der Waals surface area contributed by atoms with E-state index in [9.17, 15) is 24.5 Å². The Bertz CT molecular complexity index is 990. The number of aryl methyl sites for hydroxylation is 1. The first kappa shape index (κ1) is 21.0. The number of amides is 2. The molecule has 2 amide bonds. The molecule has 0 bridgehead atoms. The van der Waals surface area contributed by atoms with E-state index >= 15 is 0 Å². The number of benzene rings is 2. The number of para-hydroxylation sites is 1. The number of carbonyl (C=O) groups excluding carboxylic acids is 3. The van der Waals surface area contributed by atoms with Crippen LogP contribution in [0.4, 0.5) is 17.1 Å². The topological polar surface area (TPSA) is 119 Å². The third-order valence-electron chi connectivity index (χ3n) is 4.81. The second kappa shape index (κ2) is 9.17. The molecule has 2 aromatic carbocycles. The molecule has 1 aliphatic rings. The number of anilines is 2. The number of carbonyl (C=O) groups is 3. The van der Waals surface area contributed by atoms with Crippen molar-refractivity contribution < 1.29 is 24.0 Å². The molecule has 1 N–H and O–H groups in total. The first-order valence-corrected chi connectivity index (χ1v) is 9.48. The Balaban J connectivity index is 1.55. The number of esters is 1. The number of rotatable bonds is 7. The molecule has 9 heteroatoms. The van der Waals surface area contributed by atoms with Gasteiger partial charge in [0.25, 0.3) is 11.6 Å². The zero-order chi connectivity index (χ0) is 21.7. The van der Waals surface area contributed by atoms with Crippen LogP contribution < -0.4 is 10.2 Å². The molecule has 0 aromatic heterocycles. The van der Waals surface area contributed by atoms with Crippen LogP contribution in [0.5, 0.6) is 0 Å². The molecular weight excluding hydrogens is 390 g/mol. The Morgan fingerprint density at radius 1 is 1.23 bits per heavy atom. The van der Waals surface area contributed by atoms with Crippen molar-refractivity contribution in [1.82, 2.24) is 0 Å². The zero-order valence-electron chi connectivity index (χ0n) is 16.4. The summed E-state index contributed by atoms with van der Waals surface area (Å²) in [7, 11) is 0. The number of nitrogens with one attached hydrogen (secondary N) is 1. The lowest BCUT2D eigenvalue weighted by Crippen LogP contribution is -2.28. The molecule has 0 saturated carbocycles. The lowest BCUT2D eigenvalue weighted by molar-refractivity contribution is -0.384. The molecule has 2 aromatic rings. The predicted octanol–water partition coefficient (Wildman–Crippen LogP) is 2.69. The van der Waals surface area contributed by atoms with Gasteiger partial charge in [0.1, 0.15) is 0 Å². The SMILES string of the molecule is CCc1ccccc1N1C[C@H](C(=O)OCC(=O)Nc2cccc([N+](=O)[O-])c2)CC1=O. The average molecular weight is 411 g/mol. The Morgan fingerprint density at radius 2 is 2.00 bits per heavy atom. The summed E-state index contributed by atoms with van der Waals surface area (Å²) in [6.07, 6.45) is 0.774. The summed E-state index contributed by atoms with van der Waals surface area (Å²) >= 11 is 0. The molecular formula is C21H21N3O6. The van der Waals surface area contributed by atoms with Crippen LogP contribution in [0.25, 0.3) is 0 Å². The average Bonchev–Trinajstić information content (AvgIpc) is 3.13. The minimum absolute atomic E-state index is 0.0172. The number of nitrogens with zero attached hydrogens (tertiary/aromatic N) is 2. The number of nitro groups is 1. The smallest absolute Gasteiger partial charge is 0.311 e. The molecule has 1 fully saturated rings. The van der Waals surface area contributed by atoms with Crippen LogP contribution in [-0.4, -0.2) is 35.9 Å². The number of ether oxygens (including phenoxy) is 1. The predicted molar refractivity (Wildman–Crippen MR) is 109 cm³/mol. The summed E-state index contributed by atoms with van der Waals surface area (Å²) in [4.78, 5) is 48.6. The maximum atomic E-state index is 12.4. The van der Waals surface area contributed by atoms with Crippen molar-refractivity contribution in [2.24, 2.45) is 5.92 Å². The highest BCUT2D eigenvalue weighted by molar-refractivity contribution is 6.00. The molecule has 0 radical (unpaired) electrons. The zero-order valence-corrected chi connectivity index (χ0v) is 16.4. The Labute approximate surface area is 172 Å². The number of nitro benzene ring substituents is 1. The summed E-state index contributed by atoms with van der Waals surface area (Å²) in [6.45, 7) is 1.64. The first-order chi connectivity index (χ1) is 14.4. The molecule has 156 valence electrons. The van der Waals surface area contributed by atoms with Gasteiger partial charge in [-0.2, -0.15) is 0 Å². The maximum absolute atomic E-state index is 12.4. The molecule has 1 atom stereocenters. The molecule has 1 aliphatic heterocycles. The maximum Gasteiger partial charge on any atom is 0.311 e. The Kier molecular flexibility index (Phi) is 6.41. The fourth-order valence-electron chi connectivity index (χ4n) is 3.32. The van der Waals surface area contributed by atoms with E-state index in [0.717, 1.165) is 17.7 Å². The second-order valence-electron chi connectivity index (χ2n) is 6.85. The van der Waals surface area contributed by atoms with Crippen LogP contribution in [0.1, 0.15) is 18.9 Å². The van der Waals surface area contributed by atoms with Crippen molar-refractivity contribution in [1.29, 1.82) is 0 Å². The Hall–Kier alpha value is -3.75. The second-order valence-corrected chi connectivity index (χ2v) is 6.85. The highest BCUT2D eigenvalue weighted by atomic mass is 16.6. The third-order valence-corrected chi connectivity index (χ3v) is 4.81. The summed E-state index contributed by atoms with van der Waals surface area (Å²) < 4.78 is 5.06. The molecule has 0 unspecified atom stereocenters. The Morgan fingerprint density at radius 3 is 2.73 bits per heavy atom. The van der Waals surface area contributed by atoms with E-state index in [2.05, 4.69) is 5.32 Å². The quantitative estimate of drug-likeness (QED) is 0.425. The van der Waals surface area contributed by atoms with Gasteiger partial charge >= 0.3 is 5.97 Å². The van der Waals surface area contributed by atoms with Crippen LogP contribution in [0.15, 0.2) is 48.5 Å². The van der Waals surface area contributed by atoms with Gasteiger partial charge in [0.05, 0.1) is 10.8 Å². The lowest BCUT2D eigenvalue weighted by atomic mass is 10.1. The van der Waals surface area contributed by atoms with Crippen LogP contribution in [0.3, 0.4) is 0 Å². The van der Waals surface area contributed by atoms with Gasteiger partial charge < -0.3 is 15.0 Å². The van der Waals surface area contributed by atoms with Gasteiger partial charge in [-0.15, -0.1) is 0 Å². The molecule has 30 heavy (non-hydrogen) atoms. The van der Waals surface area contributed by atoms with Crippen molar-refractivity contribution >= 4 is 34.8 Å². The highest BCUT2D eigenvalue weighted by Gasteiger charge is 2.37. The largest absolute Gasteiger partial charge is 0.455 e. The fraction of sp³-hybridized carbons (Fsp3) is 0.286. The van der Waals surface area contributed by atoms with E-state index in [1.54, 1.807) is 4.90 Å². The van der Waals surface area contributed by atoms with Crippen molar-refractivity contribution in [3.8, 4) is 0 Å². The highest BCUT2D eigenvalue weighted by Crippen LogP contribution is 2.29. The third kappa shape index (κ3) is 4.80.